The average Bonchev–Trinajstić information content (AvgIpc) is 2.19. The van der Waals surface area contributed by atoms with Crippen molar-refractivity contribution in [2.45, 2.75) is 19.3 Å². The van der Waals surface area contributed by atoms with Gasteiger partial charge in [0.05, 0.1) is 6.07 Å². The van der Waals surface area contributed by atoms with E-state index in [-0.39, 0.29) is 5.78 Å². The van der Waals surface area contributed by atoms with Crippen LogP contribution in [0.2, 0.25) is 5.02 Å². The molecular formula is C11H10ClNO. The summed E-state index contributed by atoms with van der Waals surface area (Å²) in [5, 5.41) is 8.93. The molecule has 14 heavy (non-hydrogen) atoms. The predicted octanol–water partition coefficient (Wildman–Crippen LogP) is 3.22. The second kappa shape index (κ2) is 5.41. The van der Waals surface area contributed by atoms with E-state index in [9.17, 15) is 4.79 Å². The van der Waals surface area contributed by atoms with Crippen LogP contribution < -0.4 is 0 Å². The highest BCUT2D eigenvalue weighted by atomic mass is 35.5. The van der Waals surface area contributed by atoms with Crippen molar-refractivity contribution in [3.8, 4) is 6.07 Å². The van der Waals surface area contributed by atoms with Crippen LogP contribution in [0, 0.1) is 11.3 Å². The molecule has 2 nitrogen and oxygen atoms in total. The minimum atomic E-state index is 0.0666. The Hall–Kier alpha value is -1.33. The maximum Gasteiger partial charge on any atom is 0.162 e. The van der Waals surface area contributed by atoms with E-state index in [1.54, 1.807) is 24.3 Å². The lowest BCUT2D eigenvalue weighted by atomic mass is 10.1. The molecule has 0 saturated carbocycles. The minimum Gasteiger partial charge on any atom is -0.294 e. The van der Waals surface area contributed by atoms with Crippen molar-refractivity contribution in [2.24, 2.45) is 0 Å². The van der Waals surface area contributed by atoms with Crippen LogP contribution in [0.5, 0.6) is 0 Å². The van der Waals surface area contributed by atoms with Gasteiger partial charge in [-0.05, 0) is 30.7 Å². The van der Waals surface area contributed by atoms with E-state index in [4.69, 9.17) is 16.9 Å². The van der Waals surface area contributed by atoms with Crippen molar-refractivity contribution in [1.82, 2.24) is 0 Å². The molecule has 0 atom stereocenters. The Morgan fingerprint density at radius 1 is 1.36 bits per heavy atom. The highest BCUT2D eigenvalue weighted by molar-refractivity contribution is 6.30. The van der Waals surface area contributed by atoms with Crippen molar-refractivity contribution >= 4 is 17.4 Å². The predicted molar refractivity (Wildman–Crippen MR) is 55.2 cm³/mol. The van der Waals surface area contributed by atoms with Crippen molar-refractivity contribution in [3.63, 3.8) is 0 Å². The normalized spacial score (nSPS) is 9.43. The third kappa shape index (κ3) is 3.20. The zero-order valence-electron chi connectivity index (χ0n) is 7.66. The molecule has 0 unspecified atom stereocenters. The van der Waals surface area contributed by atoms with E-state index in [1.165, 1.54) is 0 Å². The van der Waals surface area contributed by atoms with Crippen LogP contribution in [0.15, 0.2) is 24.3 Å². The van der Waals surface area contributed by atoms with Gasteiger partial charge in [0.15, 0.2) is 5.78 Å². The van der Waals surface area contributed by atoms with E-state index < -0.39 is 0 Å². The number of nitrogens with zero attached hydrogens (tertiary/aromatic N) is 1. The maximum absolute atomic E-state index is 11.5. The third-order valence-corrected chi connectivity index (χ3v) is 2.11. The number of Topliss-reactive ketones (excluding diaryl/α,β-unsaturated/α-hetero) is 1. The first-order valence-corrected chi connectivity index (χ1v) is 4.77. The Balaban J connectivity index is 2.53. The number of unbranched alkanes of at least 4 members (excludes halogenated alkanes) is 1. The number of hydrogen-bond acceptors (Lipinski definition) is 2. The number of nitriles is 1. The number of rotatable bonds is 4. The van der Waals surface area contributed by atoms with Gasteiger partial charge in [0.1, 0.15) is 0 Å². The second-order valence-electron chi connectivity index (χ2n) is 2.94. The van der Waals surface area contributed by atoms with Crippen LogP contribution in [0.4, 0.5) is 0 Å². The molecule has 0 aliphatic rings. The molecule has 0 saturated heterocycles. The van der Waals surface area contributed by atoms with Crippen molar-refractivity contribution < 1.29 is 4.79 Å². The summed E-state index contributed by atoms with van der Waals surface area (Å²) in [6.07, 6.45) is 1.48. The van der Waals surface area contributed by atoms with Crippen LogP contribution in [-0.4, -0.2) is 5.78 Å². The zero-order chi connectivity index (χ0) is 10.4. The Bertz CT molecular complexity index is 351. The summed E-state index contributed by atoms with van der Waals surface area (Å²) in [6, 6.07) is 8.81. The average molecular weight is 208 g/mol. The highest BCUT2D eigenvalue weighted by Gasteiger charge is 2.04. The quantitative estimate of drug-likeness (QED) is 0.562. The molecular weight excluding hydrogens is 198 g/mol. The van der Waals surface area contributed by atoms with Crippen LogP contribution in [0.3, 0.4) is 0 Å². The minimum absolute atomic E-state index is 0.0666. The molecule has 0 N–H and O–H groups in total. The molecule has 3 heteroatoms. The molecule has 0 aliphatic heterocycles. The molecule has 72 valence electrons. The number of halogens is 1. The lowest BCUT2D eigenvalue weighted by molar-refractivity contribution is 0.0980. The molecule has 0 amide bonds. The molecule has 1 rings (SSSR count). The van der Waals surface area contributed by atoms with Gasteiger partial charge in [0.25, 0.3) is 0 Å². The van der Waals surface area contributed by atoms with Gasteiger partial charge in [0, 0.05) is 23.4 Å². The molecule has 0 aliphatic carbocycles. The van der Waals surface area contributed by atoms with Gasteiger partial charge in [-0.1, -0.05) is 11.6 Å². The van der Waals surface area contributed by atoms with Gasteiger partial charge in [-0.2, -0.15) is 5.26 Å². The number of carbonyl (C=O) groups is 1. The molecule has 1 aromatic carbocycles. The Labute approximate surface area is 88.1 Å². The first-order chi connectivity index (χ1) is 6.74. The van der Waals surface area contributed by atoms with Gasteiger partial charge in [-0.15, -0.1) is 0 Å². The summed E-state index contributed by atoms with van der Waals surface area (Å²) in [7, 11) is 0. The van der Waals surface area contributed by atoms with Crippen LogP contribution in [0.25, 0.3) is 0 Å². The summed E-state index contributed by atoms with van der Waals surface area (Å²) >= 11 is 5.69. The van der Waals surface area contributed by atoms with Gasteiger partial charge >= 0.3 is 0 Å². The standard InChI is InChI=1S/C11H10ClNO/c12-10-6-4-9(5-7-10)11(14)3-1-2-8-13/h4-7H,1-3H2. The molecule has 1 aromatic rings. The van der Waals surface area contributed by atoms with Crippen LogP contribution >= 0.6 is 11.6 Å². The fraction of sp³-hybridized carbons (Fsp3) is 0.273. The maximum atomic E-state index is 11.5. The summed E-state index contributed by atoms with van der Waals surface area (Å²) in [5.41, 5.74) is 0.660. The Kier molecular flexibility index (Phi) is 4.15. The number of benzene rings is 1. The summed E-state index contributed by atoms with van der Waals surface area (Å²) in [6.45, 7) is 0. The highest BCUT2D eigenvalue weighted by Crippen LogP contribution is 2.12. The fourth-order valence-electron chi connectivity index (χ4n) is 1.11. The SMILES string of the molecule is N#CCCCC(=O)c1ccc(Cl)cc1. The number of carbonyl (C=O) groups excluding carboxylic acids is 1. The molecule has 0 spiro atoms. The van der Waals surface area contributed by atoms with Gasteiger partial charge in [0.2, 0.25) is 0 Å². The molecule has 0 radical (unpaired) electrons. The fourth-order valence-corrected chi connectivity index (χ4v) is 1.23. The zero-order valence-corrected chi connectivity index (χ0v) is 8.42. The van der Waals surface area contributed by atoms with Crippen molar-refractivity contribution in [3.05, 3.63) is 34.9 Å². The van der Waals surface area contributed by atoms with Gasteiger partial charge < -0.3 is 0 Å². The molecule has 0 heterocycles. The number of ketones is 1. The van der Waals surface area contributed by atoms with Crippen LogP contribution in [0.1, 0.15) is 29.6 Å². The molecule has 0 aromatic heterocycles. The lowest BCUT2D eigenvalue weighted by Crippen LogP contribution is -1.97. The summed E-state index contributed by atoms with van der Waals surface area (Å²) in [5.74, 6) is 0.0666. The summed E-state index contributed by atoms with van der Waals surface area (Å²) in [4.78, 5) is 11.5. The second-order valence-corrected chi connectivity index (χ2v) is 3.38. The third-order valence-electron chi connectivity index (χ3n) is 1.86. The van der Waals surface area contributed by atoms with E-state index >= 15 is 0 Å². The Morgan fingerprint density at radius 3 is 2.57 bits per heavy atom. The van der Waals surface area contributed by atoms with E-state index in [0.29, 0.717) is 29.8 Å². The smallest absolute Gasteiger partial charge is 0.162 e. The topological polar surface area (TPSA) is 40.9 Å². The van der Waals surface area contributed by atoms with Crippen LogP contribution in [-0.2, 0) is 0 Å². The molecule has 0 fully saturated rings. The monoisotopic (exact) mass is 207 g/mol. The Morgan fingerprint density at radius 2 is 2.00 bits per heavy atom. The van der Waals surface area contributed by atoms with Gasteiger partial charge in [-0.25, -0.2) is 0 Å². The van der Waals surface area contributed by atoms with Gasteiger partial charge in [-0.3, -0.25) is 4.79 Å². The lowest BCUT2D eigenvalue weighted by Gasteiger charge is -1.98. The van der Waals surface area contributed by atoms with Crippen molar-refractivity contribution in [1.29, 1.82) is 5.26 Å². The molecule has 0 bridgehead atoms. The number of hydrogen-bond donors (Lipinski definition) is 0. The first-order valence-electron chi connectivity index (χ1n) is 4.40. The van der Waals surface area contributed by atoms with E-state index in [1.807, 2.05) is 6.07 Å². The van der Waals surface area contributed by atoms with E-state index in [0.717, 1.165) is 0 Å². The first kappa shape index (κ1) is 10.7. The van der Waals surface area contributed by atoms with Crippen molar-refractivity contribution in [2.75, 3.05) is 0 Å². The summed E-state index contributed by atoms with van der Waals surface area (Å²) < 4.78 is 0. The largest absolute Gasteiger partial charge is 0.294 e. The van der Waals surface area contributed by atoms with E-state index in [2.05, 4.69) is 0 Å².